The maximum absolute atomic E-state index is 10.1. The van der Waals surface area contributed by atoms with E-state index in [9.17, 15) is 5.11 Å². The fourth-order valence-corrected chi connectivity index (χ4v) is 31.3. The van der Waals surface area contributed by atoms with Crippen molar-refractivity contribution in [2.45, 2.75) is 53.6 Å². The fraction of sp³-hybridized carbons (Fsp3) is 0.556. The Labute approximate surface area is 167 Å². The molecule has 1 aliphatic carbocycles. The number of benzene rings is 1. The zero-order valence-corrected chi connectivity index (χ0v) is 22.3. The molecule has 0 aliphatic heterocycles. The number of halogens is 2. The van der Waals surface area contributed by atoms with E-state index in [2.05, 4.69) is 86.9 Å². The second kappa shape index (κ2) is 7.55. The second-order valence-electron chi connectivity index (χ2n) is 9.88. The van der Waals surface area contributed by atoms with Crippen LogP contribution in [-0.2, 0) is 12.3 Å². The number of aliphatic hydroxyl groups is 1. The summed E-state index contributed by atoms with van der Waals surface area (Å²) in [6.45, 7) is 11.0. The van der Waals surface area contributed by atoms with Gasteiger partial charge in [-0.2, -0.15) is 0 Å². The number of nitrogens with one attached hydrogen (secondary N) is 1. The van der Waals surface area contributed by atoms with Crippen LogP contribution in [0.2, 0.25) is 23.0 Å². The predicted molar refractivity (Wildman–Crippen MR) is 121 cm³/mol. The molecule has 0 saturated heterocycles. The second-order valence-corrected chi connectivity index (χ2v) is 51.9. The Morgan fingerprint density at radius 1 is 1.20 bits per heavy atom. The Balaban J connectivity index is 0.00000288. The molecular formula is C18H36Cl2NOSi2Ti. The first-order valence-electron chi connectivity index (χ1n) is 8.83. The number of hydrogen-bond acceptors (Lipinski definition) is 2. The fourth-order valence-electron chi connectivity index (χ4n) is 4.93. The van der Waals surface area contributed by atoms with Crippen LogP contribution >= 0.6 is 24.8 Å². The van der Waals surface area contributed by atoms with Crippen molar-refractivity contribution in [2.24, 2.45) is 0 Å². The molecule has 145 valence electrons. The Hall–Kier alpha value is 0.608. The van der Waals surface area contributed by atoms with Crippen LogP contribution in [-0.4, -0.2) is 31.5 Å². The van der Waals surface area contributed by atoms with Crippen LogP contribution in [0.15, 0.2) is 30.3 Å². The molecule has 0 heterocycles. The molecule has 0 saturated carbocycles. The van der Waals surface area contributed by atoms with Gasteiger partial charge in [0.05, 0.1) is 0 Å². The van der Waals surface area contributed by atoms with E-state index < -0.39 is 18.9 Å². The molecule has 0 bridgehead atoms. The largest absolute Gasteiger partial charge is 0.147 e. The van der Waals surface area contributed by atoms with Gasteiger partial charge in [-0.05, 0) is 0 Å². The summed E-state index contributed by atoms with van der Waals surface area (Å²) >= 11 is -3.74. The molecule has 0 amide bonds. The van der Waals surface area contributed by atoms with Crippen molar-refractivity contribution in [3.63, 3.8) is 0 Å². The Morgan fingerprint density at radius 2 is 1.76 bits per heavy atom. The summed E-state index contributed by atoms with van der Waals surface area (Å²) in [5.74, 6) is 0. The van der Waals surface area contributed by atoms with Gasteiger partial charge in [-0.25, -0.2) is 0 Å². The van der Waals surface area contributed by atoms with Crippen molar-refractivity contribution in [1.82, 2.24) is 3.80 Å². The third kappa shape index (κ3) is 4.22. The van der Waals surface area contributed by atoms with Gasteiger partial charge in [-0.15, -0.1) is 24.8 Å². The van der Waals surface area contributed by atoms with E-state index in [-0.39, 0.29) is 37.0 Å². The van der Waals surface area contributed by atoms with Crippen LogP contribution in [0.3, 0.4) is 0 Å². The first kappa shape index (κ1) is 25.6. The van der Waals surface area contributed by atoms with E-state index in [0.29, 0.717) is 4.22 Å². The normalized spacial score (nSPS) is 19.4. The average molecular weight is 457 g/mol. The van der Waals surface area contributed by atoms with Crippen LogP contribution in [0.25, 0.3) is 6.08 Å². The first-order valence-corrected chi connectivity index (χ1v) is 22.8. The van der Waals surface area contributed by atoms with Gasteiger partial charge in [0.15, 0.2) is 0 Å². The van der Waals surface area contributed by atoms with Gasteiger partial charge >= 0.3 is 143 Å². The Bertz CT molecular complexity index is 745. The summed E-state index contributed by atoms with van der Waals surface area (Å²) in [7, 11) is 2.30. The van der Waals surface area contributed by atoms with Crippen molar-refractivity contribution >= 4 is 45.2 Å². The van der Waals surface area contributed by atoms with E-state index in [1.54, 1.807) is 0 Å². The molecule has 1 aliphatic rings. The quantitative estimate of drug-likeness (QED) is 0.653. The van der Waals surface area contributed by atoms with Gasteiger partial charge in [-0.1, -0.05) is 0 Å². The van der Waals surface area contributed by atoms with Gasteiger partial charge < -0.3 is 0 Å². The molecule has 0 spiro atoms. The van der Waals surface area contributed by atoms with E-state index in [4.69, 9.17) is 0 Å². The number of fused-ring (bicyclic) bond motifs is 1. The molecule has 1 unspecified atom stereocenters. The third-order valence-electron chi connectivity index (χ3n) is 6.67. The van der Waals surface area contributed by atoms with Crippen molar-refractivity contribution in [3.8, 4) is 0 Å². The third-order valence-corrected chi connectivity index (χ3v) is 56.7. The minimum atomic E-state index is -3.74. The Kier molecular flexibility index (Phi) is 7.74. The molecule has 1 aromatic carbocycles. The first-order chi connectivity index (χ1) is 10.4. The minimum Gasteiger partial charge on any atom is -0.147 e. The maximum atomic E-state index is 10.1. The minimum absolute atomic E-state index is 0. The van der Waals surface area contributed by atoms with Crippen LogP contribution in [0.1, 0.15) is 36.1 Å². The number of hydrogen-bond donors (Lipinski definition) is 2. The molecule has 1 atom stereocenters. The SMILES string of the molecule is C[SiH](C)[Ti]([CH3])(=[SiH2])([CH2]CO)([NH]C(C)(C)C)[CH]1C=Cc2ccccc21.Cl.Cl. The number of aliphatic hydroxyl groups excluding tert-OH is 1. The monoisotopic (exact) mass is 456 g/mol. The van der Waals surface area contributed by atoms with Gasteiger partial charge in [0.25, 0.3) is 0 Å². The van der Waals surface area contributed by atoms with Crippen molar-refractivity contribution in [1.29, 1.82) is 0 Å². The molecule has 0 radical (unpaired) electrons. The standard InChI is InChI=1S/C9H7.C4H10N.C2H5O.C2H7Si.CH3.2ClH.H2Si.Ti/c1-2-5-9-7-3-6-8(9)4-1;1-4(2,3)5;1-2-3;1-3-2;;;;;/h1-7H;5H,1-3H3;3H,1-2H2;3H,1-2H3;1H3;2*1H;1H2;/q;-1;;;;;;;+1. The summed E-state index contributed by atoms with van der Waals surface area (Å²) in [6, 6.07) is 8.83. The van der Waals surface area contributed by atoms with Crippen LogP contribution in [0.5, 0.6) is 0 Å². The molecular weight excluding hydrogens is 421 g/mol. The predicted octanol–water partition coefficient (Wildman–Crippen LogP) is 4.12. The van der Waals surface area contributed by atoms with E-state index >= 15 is 0 Å². The van der Waals surface area contributed by atoms with Gasteiger partial charge in [-0.3, -0.25) is 0 Å². The zero-order valence-electron chi connectivity index (χ0n) is 16.5. The summed E-state index contributed by atoms with van der Waals surface area (Å²) in [4.78, 5) is 0. The van der Waals surface area contributed by atoms with Crippen LogP contribution in [0.4, 0.5) is 0 Å². The smallest absolute Gasteiger partial charge is 0.147 e. The zero-order chi connectivity index (χ0) is 17.6. The van der Waals surface area contributed by atoms with Crippen LogP contribution in [0, 0.1) is 0 Å². The molecule has 2 nitrogen and oxygen atoms in total. The molecule has 0 aromatic heterocycles. The number of allylic oxidation sites excluding steroid dienone is 1. The average Bonchev–Trinajstić information content (AvgIpc) is 2.81. The number of rotatable bonds is 5. The van der Waals surface area contributed by atoms with Gasteiger partial charge in [0.1, 0.15) is 0 Å². The molecule has 7 heteroatoms. The van der Waals surface area contributed by atoms with Crippen LogP contribution < -0.4 is 3.80 Å². The summed E-state index contributed by atoms with van der Waals surface area (Å²) in [5.41, 5.74) is 2.89. The molecule has 0 fully saturated rings. The topological polar surface area (TPSA) is 32.3 Å². The summed E-state index contributed by atoms with van der Waals surface area (Å²) < 4.78 is 5.66. The van der Waals surface area contributed by atoms with Crippen molar-refractivity contribution in [2.75, 3.05) is 6.61 Å². The summed E-state index contributed by atoms with van der Waals surface area (Å²) in [6.07, 6.45) is 4.75. The van der Waals surface area contributed by atoms with Crippen molar-refractivity contribution in [3.05, 3.63) is 41.5 Å². The van der Waals surface area contributed by atoms with Gasteiger partial charge in [0.2, 0.25) is 0 Å². The molecule has 25 heavy (non-hydrogen) atoms. The van der Waals surface area contributed by atoms with Crippen molar-refractivity contribution < 1.29 is 17.4 Å². The van der Waals surface area contributed by atoms with E-state index in [1.165, 1.54) is 11.1 Å². The molecule has 1 aromatic rings. The molecule has 2 N–H and O–H groups in total. The van der Waals surface area contributed by atoms with E-state index in [0.717, 1.165) is 4.73 Å². The molecule has 2 rings (SSSR count). The van der Waals surface area contributed by atoms with E-state index in [1.807, 2.05) is 0 Å². The summed E-state index contributed by atoms with van der Waals surface area (Å²) in [5, 5.41) is 12.7. The maximum Gasteiger partial charge on any atom is -0.147 e. The Morgan fingerprint density at radius 3 is 2.24 bits per heavy atom. The van der Waals surface area contributed by atoms with Gasteiger partial charge in [0, 0.05) is 0 Å².